The third-order valence-corrected chi connectivity index (χ3v) is 4.52. The Labute approximate surface area is 140 Å². The number of hydrogen-bond acceptors (Lipinski definition) is 5. The normalized spacial score (nSPS) is 21.3. The zero-order valence-corrected chi connectivity index (χ0v) is 14.1. The molecule has 2 aromatic rings. The summed E-state index contributed by atoms with van der Waals surface area (Å²) in [7, 11) is 3.63. The third-order valence-electron chi connectivity index (χ3n) is 4.52. The number of alkyl halides is 1. The Morgan fingerprint density at radius 3 is 2.92 bits per heavy atom. The van der Waals surface area contributed by atoms with Crippen molar-refractivity contribution in [1.29, 1.82) is 0 Å². The molecule has 2 aromatic heterocycles. The summed E-state index contributed by atoms with van der Waals surface area (Å²) < 4.78 is 21.0. The van der Waals surface area contributed by atoms with E-state index in [2.05, 4.69) is 9.97 Å². The van der Waals surface area contributed by atoms with Gasteiger partial charge in [-0.25, -0.2) is 14.4 Å². The van der Waals surface area contributed by atoms with E-state index in [1.165, 1.54) is 6.39 Å². The number of carbonyl (C=O) groups is 1. The lowest BCUT2D eigenvalue weighted by Gasteiger charge is -2.27. The molecule has 0 saturated carbocycles. The Balaban J connectivity index is 1.67. The third kappa shape index (κ3) is 3.33. The molecule has 0 N–H and O–H groups in total. The van der Waals surface area contributed by atoms with Crippen molar-refractivity contribution in [2.24, 2.45) is 7.05 Å². The van der Waals surface area contributed by atoms with E-state index < -0.39 is 6.17 Å². The second-order valence-corrected chi connectivity index (χ2v) is 6.31. The number of oxazole rings is 1. The van der Waals surface area contributed by atoms with E-state index in [1.54, 1.807) is 25.1 Å². The fourth-order valence-corrected chi connectivity index (χ4v) is 3.13. The van der Waals surface area contributed by atoms with Crippen LogP contribution in [0.2, 0.25) is 0 Å². The number of amides is 1. The number of likely N-dealkylation sites (tertiary alicyclic amines) is 1. The van der Waals surface area contributed by atoms with Crippen LogP contribution in [0, 0.1) is 6.92 Å². The second kappa shape index (κ2) is 6.72. The number of carbonyl (C=O) groups excluding carboxylic acids is 1. The van der Waals surface area contributed by atoms with Gasteiger partial charge >= 0.3 is 0 Å². The zero-order valence-electron chi connectivity index (χ0n) is 14.1. The Kier molecular flexibility index (Phi) is 4.66. The minimum atomic E-state index is -0.882. The molecule has 1 aliphatic heterocycles. The van der Waals surface area contributed by atoms with Gasteiger partial charge in [0.1, 0.15) is 17.8 Å². The number of nitrogens with zero attached hydrogens (tertiary/aromatic N) is 5. The summed E-state index contributed by atoms with van der Waals surface area (Å²) in [5, 5.41) is 0. The molecule has 1 saturated heterocycles. The number of hydrogen-bond donors (Lipinski definition) is 0. The molecule has 1 fully saturated rings. The molecule has 0 spiro atoms. The van der Waals surface area contributed by atoms with Gasteiger partial charge in [0.15, 0.2) is 12.1 Å². The van der Waals surface area contributed by atoms with Crippen molar-refractivity contribution in [1.82, 2.24) is 24.3 Å². The van der Waals surface area contributed by atoms with Crippen LogP contribution in [0.3, 0.4) is 0 Å². The molecule has 0 aliphatic carbocycles. The van der Waals surface area contributed by atoms with Crippen LogP contribution in [0.1, 0.15) is 28.5 Å². The summed E-state index contributed by atoms with van der Waals surface area (Å²) in [5.74, 6) is 1.17. The van der Waals surface area contributed by atoms with E-state index in [9.17, 15) is 9.18 Å². The van der Waals surface area contributed by atoms with Crippen LogP contribution in [0.4, 0.5) is 4.39 Å². The minimum Gasteiger partial charge on any atom is -0.448 e. The maximum Gasteiger partial charge on any atom is 0.275 e. The molecule has 0 aromatic carbocycles. The largest absolute Gasteiger partial charge is 0.448 e. The second-order valence-electron chi connectivity index (χ2n) is 6.31. The first-order chi connectivity index (χ1) is 11.5. The van der Waals surface area contributed by atoms with Crippen molar-refractivity contribution in [2.45, 2.75) is 32.1 Å². The molecular weight excluding hydrogens is 313 g/mol. The highest BCUT2D eigenvalue weighted by Crippen LogP contribution is 2.23. The summed E-state index contributed by atoms with van der Waals surface area (Å²) >= 11 is 0. The van der Waals surface area contributed by atoms with Crippen LogP contribution in [0.25, 0.3) is 0 Å². The van der Waals surface area contributed by atoms with Crippen molar-refractivity contribution in [3.05, 3.63) is 36.1 Å². The van der Waals surface area contributed by atoms with Crippen molar-refractivity contribution in [2.75, 3.05) is 20.1 Å². The molecule has 2 atom stereocenters. The molecule has 130 valence electrons. The van der Waals surface area contributed by atoms with E-state index in [0.717, 1.165) is 5.82 Å². The van der Waals surface area contributed by atoms with Gasteiger partial charge < -0.3 is 13.9 Å². The summed E-state index contributed by atoms with van der Waals surface area (Å²) in [6.07, 6.45) is 4.40. The SMILES string of the molecule is Cc1ocnc1C(=O)N(C)C[C@@H]1C[C@H](F)CN1Cc1nccn1C. The van der Waals surface area contributed by atoms with Crippen molar-refractivity contribution in [3.8, 4) is 0 Å². The Morgan fingerprint density at radius 1 is 1.50 bits per heavy atom. The van der Waals surface area contributed by atoms with Crippen LogP contribution in [-0.4, -0.2) is 62.6 Å². The van der Waals surface area contributed by atoms with Crippen LogP contribution < -0.4 is 0 Å². The summed E-state index contributed by atoms with van der Waals surface area (Å²) in [5.41, 5.74) is 0.308. The predicted octanol–water partition coefficient (Wildman–Crippen LogP) is 1.40. The lowest BCUT2D eigenvalue weighted by molar-refractivity contribution is 0.0741. The van der Waals surface area contributed by atoms with Gasteiger partial charge in [0.05, 0.1) is 6.54 Å². The molecule has 7 nitrogen and oxygen atoms in total. The van der Waals surface area contributed by atoms with Crippen molar-refractivity contribution in [3.63, 3.8) is 0 Å². The van der Waals surface area contributed by atoms with E-state index in [4.69, 9.17) is 4.42 Å². The van der Waals surface area contributed by atoms with Gasteiger partial charge in [0.2, 0.25) is 0 Å². The summed E-state index contributed by atoms with van der Waals surface area (Å²) in [4.78, 5) is 24.3. The van der Waals surface area contributed by atoms with Crippen molar-refractivity contribution >= 4 is 5.91 Å². The molecule has 3 rings (SSSR count). The van der Waals surface area contributed by atoms with Gasteiger partial charge in [-0.3, -0.25) is 9.69 Å². The van der Waals surface area contributed by atoms with Crippen LogP contribution in [-0.2, 0) is 13.6 Å². The first-order valence-corrected chi connectivity index (χ1v) is 7.95. The predicted molar refractivity (Wildman–Crippen MR) is 85.1 cm³/mol. The average molecular weight is 335 g/mol. The Hall–Kier alpha value is -2.22. The molecular formula is C16H22FN5O2. The van der Waals surface area contributed by atoms with Gasteiger partial charge in [0, 0.05) is 45.6 Å². The summed E-state index contributed by atoms with van der Waals surface area (Å²) in [6.45, 7) is 3.08. The molecule has 3 heterocycles. The van der Waals surface area contributed by atoms with E-state index >= 15 is 0 Å². The van der Waals surface area contributed by atoms with Gasteiger partial charge in [-0.1, -0.05) is 0 Å². The number of rotatable bonds is 5. The quantitative estimate of drug-likeness (QED) is 0.826. The van der Waals surface area contributed by atoms with E-state index in [1.807, 2.05) is 22.7 Å². The topological polar surface area (TPSA) is 67.4 Å². The van der Waals surface area contributed by atoms with Crippen molar-refractivity contribution < 1.29 is 13.6 Å². The molecule has 24 heavy (non-hydrogen) atoms. The van der Waals surface area contributed by atoms with Crippen LogP contribution in [0.15, 0.2) is 23.2 Å². The molecule has 1 amide bonds. The molecule has 0 bridgehead atoms. The number of halogens is 1. The highest BCUT2D eigenvalue weighted by molar-refractivity contribution is 5.92. The first kappa shape index (κ1) is 16.6. The van der Waals surface area contributed by atoms with Crippen LogP contribution >= 0.6 is 0 Å². The van der Waals surface area contributed by atoms with Gasteiger partial charge in [-0.2, -0.15) is 0 Å². The fourth-order valence-electron chi connectivity index (χ4n) is 3.13. The highest BCUT2D eigenvalue weighted by atomic mass is 19.1. The maximum absolute atomic E-state index is 13.9. The molecule has 0 radical (unpaired) electrons. The monoisotopic (exact) mass is 335 g/mol. The van der Waals surface area contributed by atoms with Gasteiger partial charge in [0.25, 0.3) is 5.91 Å². The Bertz CT molecular complexity index is 713. The Morgan fingerprint density at radius 2 is 2.29 bits per heavy atom. The zero-order chi connectivity index (χ0) is 17.3. The molecule has 8 heteroatoms. The van der Waals surface area contributed by atoms with E-state index in [-0.39, 0.29) is 11.9 Å². The molecule has 1 aliphatic rings. The highest BCUT2D eigenvalue weighted by Gasteiger charge is 2.34. The number of imidazole rings is 1. The van der Waals surface area contributed by atoms with Crippen LogP contribution in [0.5, 0.6) is 0 Å². The summed E-state index contributed by atoms with van der Waals surface area (Å²) in [6, 6.07) is -0.0437. The number of likely N-dealkylation sites (N-methyl/N-ethyl adjacent to an activating group) is 1. The number of aromatic nitrogens is 3. The lowest BCUT2D eigenvalue weighted by atomic mass is 10.2. The molecule has 0 unspecified atom stereocenters. The average Bonchev–Trinajstić information content (AvgIpc) is 3.22. The smallest absolute Gasteiger partial charge is 0.275 e. The number of aryl methyl sites for hydroxylation is 2. The van der Waals surface area contributed by atoms with Gasteiger partial charge in [-0.05, 0) is 13.3 Å². The van der Waals surface area contributed by atoms with E-state index in [0.29, 0.717) is 37.5 Å². The maximum atomic E-state index is 13.9. The fraction of sp³-hybridized carbons (Fsp3) is 0.562. The standard InChI is InChI=1S/C16H22FN5O2/c1-11-15(19-10-24-11)16(23)21(3)8-13-6-12(17)7-22(13)9-14-18-4-5-20(14)2/h4-5,10,12-13H,6-9H2,1-3H3/t12-,13-/m0/s1. The van der Waals surface area contributed by atoms with Gasteiger partial charge in [-0.15, -0.1) is 0 Å². The minimum absolute atomic E-state index is 0.0437. The first-order valence-electron chi connectivity index (χ1n) is 7.95. The lowest BCUT2D eigenvalue weighted by Crippen LogP contribution is -2.41.